The summed E-state index contributed by atoms with van der Waals surface area (Å²) in [7, 11) is 0. The van der Waals surface area contributed by atoms with Crippen molar-refractivity contribution < 1.29 is 15.1 Å². The van der Waals surface area contributed by atoms with Gasteiger partial charge < -0.3 is 5.11 Å². The van der Waals surface area contributed by atoms with Gasteiger partial charge in [-0.1, -0.05) is 51.0 Å². The predicted octanol–water partition coefficient (Wildman–Crippen LogP) is 5.47. The van der Waals surface area contributed by atoms with E-state index < -0.39 is 0 Å². The summed E-state index contributed by atoms with van der Waals surface area (Å²) >= 11 is 1.86. The maximum absolute atomic E-state index is 11.0. The molecule has 0 radical (unpaired) electrons. The van der Waals surface area contributed by atoms with E-state index in [-0.39, 0.29) is 12.0 Å². The van der Waals surface area contributed by atoms with Gasteiger partial charge in [-0.15, -0.1) is 11.3 Å². The third-order valence-corrected chi connectivity index (χ3v) is 7.01. The fraction of sp³-hybridized carbons (Fsp3) is 0.773. The molecular formula is C22H37NO3S. The molecule has 1 aromatic heterocycles. The molecule has 0 saturated heterocycles. The first-order chi connectivity index (χ1) is 13.2. The van der Waals surface area contributed by atoms with Crippen molar-refractivity contribution in [2.45, 2.75) is 96.0 Å². The van der Waals surface area contributed by atoms with Crippen LogP contribution in [-0.2, 0) is 11.2 Å². The van der Waals surface area contributed by atoms with E-state index in [9.17, 15) is 9.90 Å². The van der Waals surface area contributed by atoms with Gasteiger partial charge in [0.05, 0.1) is 6.10 Å². The number of carbonyl (C=O) groups excluding carboxylic acids is 1. The standard InChI is InChI=1S/C22H37NO3S/c24-21-16-15-18(10-5-1-4-8-14-22(25)23-26)20(21)13-7-3-2-6-11-19-12-9-17-27-19/h9,12,17-18,20-21,24,26H,1-8,10-11,13-16H2,(H,23,25)/t18-,20?,21+/m0/s1. The van der Waals surface area contributed by atoms with Gasteiger partial charge in [-0.3, -0.25) is 10.0 Å². The molecule has 1 aromatic rings. The van der Waals surface area contributed by atoms with Gasteiger partial charge >= 0.3 is 0 Å². The molecule has 1 aliphatic carbocycles. The van der Waals surface area contributed by atoms with Crippen molar-refractivity contribution in [3.05, 3.63) is 22.4 Å². The maximum atomic E-state index is 11.0. The molecule has 1 saturated carbocycles. The van der Waals surface area contributed by atoms with Crippen LogP contribution in [-0.4, -0.2) is 22.3 Å². The molecule has 3 N–H and O–H groups in total. The summed E-state index contributed by atoms with van der Waals surface area (Å²) in [6.45, 7) is 0. The third kappa shape index (κ3) is 8.75. The van der Waals surface area contributed by atoms with Crippen molar-refractivity contribution in [3.8, 4) is 0 Å². The highest BCUT2D eigenvalue weighted by molar-refractivity contribution is 7.09. The van der Waals surface area contributed by atoms with Gasteiger partial charge in [-0.25, -0.2) is 5.48 Å². The lowest BCUT2D eigenvalue weighted by Crippen LogP contribution is -2.19. The highest BCUT2D eigenvalue weighted by Crippen LogP contribution is 2.39. The van der Waals surface area contributed by atoms with Gasteiger partial charge in [0.2, 0.25) is 5.91 Å². The summed E-state index contributed by atoms with van der Waals surface area (Å²) in [5.41, 5.74) is 1.68. The minimum Gasteiger partial charge on any atom is -0.393 e. The largest absolute Gasteiger partial charge is 0.393 e. The Morgan fingerprint density at radius 3 is 2.52 bits per heavy atom. The zero-order chi connectivity index (χ0) is 19.3. The van der Waals surface area contributed by atoms with Gasteiger partial charge in [-0.2, -0.15) is 0 Å². The molecule has 0 aliphatic heterocycles. The first kappa shape index (κ1) is 22.4. The van der Waals surface area contributed by atoms with Crippen LogP contribution in [0.5, 0.6) is 0 Å². The van der Waals surface area contributed by atoms with Crippen LogP contribution in [0.2, 0.25) is 0 Å². The van der Waals surface area contributed by atoms with Crippen LogP contribution in [0.1, 0.15) is 88.3 Å². The molecule has 0 aromatic carbocycles. The Kier molecular flexibility index (Phi) is 11.0. The second-order valence-corrected chi connectivity index (χ2v) is 9.12. The minimum absolute atomic E-state index is 0.0885. The van der Waals surface area contributed by atoms with E-state index in [4.69, 9.17) is 5.21 Å². The lowest BCUT2D eigenvalue weighted by Gasteiger charge is -2.22. The second-order valence-electron chi connectivity index (χ2n) is 8.09. The molecule has 3 atom stereocenters. The van der Waals surface area contributed by atoms with Crippen molar-refractivity contribution in [1.29, 1.82) is 0 Å². The Bertz CT molecular complexity index is 506. The van der Waals surface area contributed by atoms with Gasteiger partial charge in [0.15, 0.2) is 0 Å². The van der Waals surface area contributed by atoms with E-state index in [0.29, 0.717) is 18.3 Å². The summed E-state index contributed by atoms with van der Waals surface area (Å²) in [6.07, 6.45) is 15.4. The van der Waals surface area contributed by atoms with E-state index in [0.717, 1.165) is 25.7 Å². The number of nitrogens with one attached hydrogen (secondary N) is 1. The van der Waals surface area contributed by atoms with Gasteiger partial charge in [-0.05, 0) is 61.8 Å². The molecule has 1 amide bonds. The first-order valence-electron chi connectivity index (χ1n) is 10.8. The second kappa shape index (κ2) is 13.3. The SMILES string of the molecule is O=C(CCCCCC[C@H]1CC[C@@H](O)C1CCCCCCc1cccs1)NO. The number of amides is 1. The highest BCUT2D eigenvalue weighted by Gasteiger charge is 2.33. The van der Waals surface area contributed by atoms with Gasteiger partial charge in [0, 0.05) is 11.3 Å². The summed E-state index contributed by atoms with van der Waals surface area (Å²) < 4.78 is 0. The zero-order valence-electron chi connectivity index (χ0n) is 16.6. The van der Waals surface area contributed by atoms with Crippen LogP contribution in [0, 0.1) is 11.8 Å². The lowest BCUT2D eigenvalue weighted by molar-refractivity contribution is -0.129. The molecule has 1 unspecified atom stereocenters. The average molecular weight is 396 g/mol. The number of carbonyl (C=O) groups is 1. The Balaban J connectivity index is 1.51. The van der Waals surface area contributed by atoms with E-state index in [2.05, 4.69) is 17.5 Å². The molecule has 1 fully saturated rings. The van der Waals surface area contributed by atoms with E-state index in [1.54, 1.807) is 5.48 Å². The van der Waals surface area contributed by atoms with Crippen LogP contribution in [0.15, 0.2) is 17.5 Å². The van der Waals surface area contributed by atoms with Crippen molar-refractivity contribution >= 4 is 17.2 Å². The molecule has 2 rings (SSSR count). The minimum atomic E-state index is -0.288. The van der Waals surface area contributed by atoms with E-state index >= 15 is 0 Å². The summed E-state index contributed by atoms with van der Waals surface area (Å²) in [6, 6.07) is 4.36. The third-order valence-electron chi connectivity index (χ3n) is 6.08. The van der Waals surface area contributed by atoms with Crippen LogP contribution in [0.4, 0.5) is 0 Å². The number of hydrogen-bond acceptors (Lipinski definition) is 4. The fourth-order valence-corrected chi connectivity index (χ4v) is 5.25. The van der Waals surface area contributed by atoms with Crippen molar-refractivity contribution in [2.75, 3.05) is 0 Å². The number of aliphatic hydroxyl groups is 1. The van der Waals surface area contributed by atoms with Crippen molar-refractivity contribution in [3.63, 3.8) is 0 Å². The number of aryl methyl sites for hydroxylation is 1. The van der Waals surface area contributed by atoms with Crippen LogP contribution >= 0.6 is 11.3 Å². The lowest BCUT2D eigenvalue weighted by atomic mass is 9.85. The summed E-state index contributed by atoms with van der Waals surface area (Å²) in [4.78, 5) is 12.5. The van der Waals surface area contributed by atoms with Crippen molar-refractivity contribution in [1.82, 2.24) is 5.48 Å². The fourth-order valence-electron chi connectivity index (χ4n) is 4.50. The quantitative estimate of drug-likeness (QED) is 0.222. The molecule has 4 nitrogen and oxygen atoms in total. The molecule has 154 valence electrons. The maximum Gasteiger partial charge on any atom is 0.243 e. The van der Waals surface area contributed by atoms with Gasteiger partial charge in [0.25, 0.3) is 0 Å². The Morgan fingerprint density at radius 1 is 1.04 bits per heavy atom. The monoisotopic (exact) mass is 395 g/mol. The van der Waals surface area contributed by atoms with Crippen LogP contribution < -0.4 is 5.48 Å². The topological polar surface area (TPSA) is 69.6 Å². The highest BCUT2D eigenvalue weighted by atomic mass is 32.1. The molecule has 0 spiro atoms. The smallest absolute Gasteiger partial charge is 0.243 e. The Labute approximate surface area is 168 Å². The zero-order valence-corrected chi connectivity index (χ0v) is 17.4. The number of hydrogen-bond donors (Lipinski definition) is 3. The summed E-state index contributed by atoms with van der Waals surface area (Å²) in [5.74, 6) is 0.902. The van der Waals surface area contributed by atoms with Gasteiger partial charge in [0.1, 0.15) is 0 Å². The Morgan fingerprint density at radius 2 is 1.78 bits per heavy atom. The first-order valence-corrected chi connectivity index (χ1v) is 11.7. The molecular weight excluding hydrogens is 358 g/mol. The summed E-state index contributed by atoms with van der Waals surface area (Å²) in [5, 5.41) is 21.0. The number of rotatable bonds is 14. The van der Waals surface area contributed by atoms with Crippen LogP contribution in [0.25, 0.3) is 0 Å². The number of hydroxylamine groups is 1. The molecule has 0 bridgehead atoms. The van der Waals surface area contributed by atoms with Crippen LogP contribution in [0.3, 0.4) is 0 Å². The Hall–Kier alpha value is -0.910. The van der Waals surface area contributed by atoms with E-state index in [1.165, 1.54) is 62.7 Å². The average Bonchev–Trinajstić information content (AvgIpc) is 3.31. The predicted molar refractivity (Wildman–Crippen MR) is 111 cm³/mol. The molecule has 1 heterocycles. The number of thiophene rings is 1. The number of aliphatic hydroxyl groups excluding tert-OH is 1. The molecule has 27 heavy (non-hydrogen) atoms. The normalized spacial score (nSPS) is 22.2. The molecule has 5 heteroatoms. The van der Waals surface area contributed by atoms with Crippen molar-refractivity contribution in [2.24, 2.45) is 11.8 Å². The van der Waals surface area contributed by atoms with E-state index in [1.807, 2.05) is 11.3 Å². The number of unbranched alkanes of at least 4 members (excludes halogenated alkanes) is 6. The molecule has 1 aliphatic rings.